The van der Waals surface area contributed by atoms with Crippen molar-refractivity contribution in [2.75, 3.05) is 0 Å². The molecule has 0 aliphatic carbocycles. The Morgan fingerprint density at radius 2 is 1.56 bits per heavy atom. The van der Waals surface area contributed by atoms with Gasteiger partial charge in [-0.15, -0.1) is 0 Å². The van der Waals surface area contributed by atoms with Gasteiger partial charge in [0.1, 0.15) is 17.6 Å². The molecule has 2 rings (SSSR count). The Morgan fingerprint density at radius 1 is 1.00 bits per heavy atom. The summed E-state index contributed by atoms with van der Waals surface area (Å²) in [7, 11) is 0. The molecule has 0 unspecified atom stereocenters. The van der Waals surface area contributed by atoms with Crippen LogP contribution >= 0.6 is 12.2 Å². The number of nitrogens with zero attached hydrogens (tertiary/aromatic N) is 1. The SMILES string of the molecule is CC(C)C[C@H](NC(=O)[C@@H](N)Cc1ccccc1)C(=O)N(C(=O)OCc1ccccc1)C(=S)CC(=O)O. The van der Waals surface area contributed by atoms with Gasteiger partial charge < -0.3 is 20.9 Å². The molecule has 2 atom stereocenters. The molecule has 36 heavy (non-hydrogen) atoms. The van der Waals surface area contributed by atoms with E-state index in [1.165, 1.54) is 0 Å². The first-order chi connectivity index (χ1) is 17.1. The van der Waals surface area contributed by atoms with Crippen LogP contribution in [0, 0.1) is 5.92 Å². The number of amides is 3. The number of imide groups is 1. The fourth-order valence-corrected chi connectivity index (χ4v) is 3.68. The maximum Gasteiger partial charge on any atom is 0.422 e. The summed E-state index contributed by atoms with van der Waals surface area (Å²) in [6, 6.07) is 15.8. The van der Waals surface area contributed by atoms with Crippen LogP contribution in [0.2, 0.25) is 0 Å². The smallest absolute Gasteiger partial charge is 0.422 e. The summed E-state index contributed by atoms with van der Waals surface area (Å²) in [5.74, 6) is -2.84. The van der Waals surface area contributed by atoms with Crippen molar-refractivity contribution >= 4 is 41.1 Å². The van der Waals surface area contributed by atoms with Gasteiger partial charge in [0.05, 0.1) is 12.5 Å². The zero-order chi connectivity index (χ0) is 26.7. The average Bonchev–Trinajstić information content (AvgIpc) is 2.82. The number of benzene rings is 2. The molecule has 0 aromatic heterocycles. The van der Waals surface area contributed by atoms with Crippen LogP contribution in [0.4, 0.5) is 4.79 Å². The van der Waals surface area contributed by atoms with E-state index in [0.717, 1.165) is 5.56 Å². The molecule has 0 heterocycles. The van der Waals surface area contributed by atoms with E-state index in [-0.39, 0.29) is 25.4 Å². The second-order valence-corrected chi connectivity index (χ2v) is 9.14. The van der Waals surface area contributed by atoms with Crippen LogP contribution in [0.15, 0.2) is 60.7 Å². The van der Waals surface area contributed by atoms with Gasteiger partial charge in [-0.1, -0.05) is 86.7 Å². The number of nitrogens with one attached hydrogen (secondary N) is 1. The van der Waals surface area contributed by atoms with Crippen molar-refractivity contribution in [1.82, 2.24) is 10.2 Å². The Kier molecular flexibility index (Phi) is 11.2. The highest BCUT2D eigenvalue weighted by Gasteiger charge is 2.35. The zero-order valence-electron chi connectivity index (χ0n) is 20.3. The van der Waals surface area contributed by atoms with E-state index >= 15 is 0 Å². The standard InChI is InChI=1S/C26H31N3O6S/c1-17(2)13-21(28-24(32)20(27)14-18-9-5-3-6-10-18)25(33)29(22(36)15-23(30)31)26(34)35-16-19-11-7-4-8-12-19/h3-12,17,20-21H,13-16,27H2,1-2H3,(H,28,32)(H,30,31)/t20-,21-/m0/s1. The van der Waals surface area contributed by atoms with Gasteiger partial charge in [0, 0.05) is 0 Å². The first-order valence-corrected chi connectivity index (χ1v) is 11.9. The van der Waals surface area contributed by atoms with Crippen molar-refractivity contribution in [3.05, 3.63) is 71.8 Å². The number of aliphatic carboxylic acids is 1. The molecular weight excluding hydrogens is 482 g/mol. The molecule has 2 aromatic rings. The Bertz CT molecular complexity index is 1060. The lowest BCUT2D eigenvalue weighted by Crippen LogP contribution is -2.56. The fourth-order valence-electron chi connectivity index (χ4n) is 3.40. The number of ether oxygens (including phenoxy) is 1. The topological polar surface area (TPSA) is 139 Å². The molecule has 3 amide bonds. The van der Waals surface area contributed by atoms with Crippen molar-refractivity contribution < 1.29 is 29.0 Å². The molecule has 0 saturated heterocycles. The molecule has 9 nitrogen and oxygen atoms in total. The van der Waals surface area contributed by atoms with E-state index in [2.05, 4.69) is 5.32 Å². The van der Waals surface area contributed by atoms with Gasteiger partial charge in [-0.05, 0) is 29.9 Å². The molecular formula is C26H31N3O6S. The highest BCUT2D eigenvalue weighted by molar-refractivity contribution is 7.80. The Morgan fingerprint density at radius 3 is 2.08 bits per heavy atom. The number of nitrogens with two attached hydrogens (primary N) is 1. The molecule has 0 saturated carbocycles. The Hall–Kier alpha value is -3.63. The molecule has 0 spiro atoms. The van der Waals surface area contributed by atoms with E-state index < -0.39 is 47.4 Å². The number of rotatable bonds is 11. The number of carbonyl (C=O) groups is 4. The third-order valence-electron chi connectivity index (χ3n) is 5.12. The number of carboxylic acid groups (broad SMARTS) is 1. The molecule has 10 heteroatoms. The summed E-state index contributed by atoms with van der Waals surface area (Å²) in [5.41, 5.74) is 7.59. The molecule has 0 radical (unpaired) electrons. The lowest BCUT2D eigenvalue weighted by molar-refractivity contribution is -0.136. The van der Waals surface area contributed by atoms with Gasteiger partial charge in [0.25, 0.3) is 5.91 Å². The summed E-state index contributed by atoms with van der Waals surface area (Å²) in [6.45, 7) is 3.52. The first kappa shape index (κ1) is 28.6. The van der Waals surface area contributed by atoms with Crippen LogP contribution in [0.25, 0.3) is 0 Å². The van der Waals surface area contributed by atoms with Gasteiger partial charge in [-0.3, -0.25) is 14.4 Å². The molecule has 192 valence electrons. The van der Waals surface area contributed by atoms with Crippen LogP contribution in [-0.2, 0) is 32.1 Å². The van der Waals surface area contributed by atoms with E-state index in [9.17, 15) is 24.3 Å². The predicted octanol–water partition coefficient (Wildman–Crippen LogP) is 3.05. The first-order valence-electron chi connectivity index (χ1n) is 11.5. The lowest BCUT2D eigenvalue weighted by Gasteiger charge is -2.27. The minimum atomic E-state index is -1.32. The van der Waals surface area contributed by atoms with Gasteiger partial charge >= 0.3 is 12.1 Å². The molecule has 4 N–H and O–H groups in total. The monoisotopic (exact) mass is 513 g/mol. The summed E-state index contributed by atoms with van der Waals surface area (Å²) < 4.78 is 5.25. The van der Waals surface area contributed by atoms with E-state index in [0.29, 0.717) is 10.5 Å². The number of hydrogen-bond donors (Lipinski definition) is 3. The van der Waals surface area contributed by atoms with Crippen LogP contribution in [-0.4, -0.2) is 51.0 Å². The van der Waals surface area contributed by atoms with Crippen molar-refractivity contribution in [3.63, 3.8) is 0 Å². The van der Waals surface area contributed by atoms with Gasteiger partial charge in [-0.2, -0.15) is 0 Å². The third-order valence-corrected chi connectivity index (χ3v) is 5.44. The number of carbonyl (C=O) groups excluding carboxylic acids is 3. The summed E-state index contributed by atoms with van der Waals surface area (Å²) in [6.07, 6.45) is -1.44. The average molecular weight is 514 g/mol. The Balaban J connectivity index is 2.21. The maximum absolute atomic E-state index is 13.5. The Labute approximate surface area is 215 Å². The van der Waals surface area contributed by atoms with Crippen molar-refractivity contribution in [2.24, 2.45) is 11.7 Å². The third kappa shape index (κ3) is 9.20. The number of carboxylic acids is 1. The minimum Gasteiger partial charge on any atom is -0.481 e. The highest BCUT2D eigenvalue weighted by Crippen LogP contribution is 2.14. The molecule has 0 fully saturated rings. The molecule has 2 aromatic carbocycles. The van der Waals surface area contributed by atoms with Crippen LogP contribution in [0.1, 0.15) is 37.8 Å². The summed E-state index contributed by atoms with van der Waals surface area (Å²) in [4.78, 5) is 50.5. The van der Waals surface area contributed by atoms with Crippen molar-refractivity contribution in [1.29, 1.82) is 0 Å². The summed E-state index contributed by atoms with van der Waals surface area (Å²) in [5, 5.41) is 11.8. The lowest BCUT2D eigenvalue weighted by atomic mass is 10.0. The number of hydrogen-bond acceptors (Lipinski definition) is 7. The minimum absolute atomic E-state index is 0.0557. The van der Waals surface area contributed by atoms with E-state index in [4.69, 9.17) is 22.7 Å². The van der Waals surface area contributed by atoms with E-state index in [1.807, 2.05) is 44.2 Å². The van der Waals surface area contributed by atoms with Gasteiger partial charge in [-0.25, -0.2) is 9.69 Å². The highest BCUT2D eigenvalue weighted by atomic mass is 32.1. The van der Waals surface area contributed by atoms with Crippen LogP contribution in [0.3, 0.4) is 0 Å². The van der Waals surface area contributed by atoms with Crippen LogP contribution in [0.5, 0.6) is 0 Å². The fraction of sp³-hybridized carbons (Fsp3) is 0.346. The quantitative estimate of drug-likeness (QED) is 0.390. The predicted molar refractivity (Wildman–Crippen MR) is 138 cm³/mol. The van der Waals surface area contributed by atoms with Crippen molar-refractivity contribution in [2.45, 2.75) is 51.8 Å². The maximum atomic E-state index is 13.5. The van der Waals surface area contributed by atoms with E-state index in [1.54, 1.807) is 30.3 Å². The number of thiocarbonyl (C=S) groups is 1. The second-order valence-electron chi connectivity index (χ2n) is 8.67. The summed E-state index contributed by atoms with van der Waals surface area (Å²) >= 11 is 5.11. The molecule has 0 bridgehead atoms. The largest absolute Gasteiger partial charge is 0.481 e. The van der Waals surface area contributed by atoms with Crippen molar-refractivity contribution in [3.8, 4) is 0 Å². The zero-order valence-corrected chi connectivity index (χ0v) is 21.1. The van der Waals surface area contributed by atoms with Gasteiger partial charge in [0.2, 0.25) is 5.91 Å². The second kappa shape index (κ2) is 14.1. The normalized spacial score (nSPS) is 12.3. The molecule has 0 aliphatic heterocycles. The van der Waals surface area contributed by atoms with Crippen LogP contribution < -0.4 is 11.1 Å². The van der Waals surface area contributed by atoms with Gasteiger partial charge in [0.15, 0.2) is 0 Å². The molecule has 0 aliphatic rings.